The molecule has 2 amide bonds. The van der Waals surface area contributed by atoms with E-state index < -0.39 is 0 Å². The van der Waals surface area contributed by atoms with Crippen molar-refractivity contribution in [3.63, 3.8) is 0 Å². The summed E-state index contributed by atoms with van der Waals surface area (Å²) in [6.07, 6.45) is 3.30. The molecule has 1 aliphatic heterocycles. The SMILES string of the molecule is CCc1ccccc1NC(=O)[C@@H]1CCc2sc(C(=O)N3CCOCC3)cc2C1. The van der Waals surface area contributed by atoms with Crippen LogP contribution in [0.5, 0.6) is 0 Å². The van der Waals surface area contributed by atoms with Crippen LogP contribution in [0.1, 0.15) is 39.0 Å². The maximum absolute atomic E-state index is 12.8. The van der Waals surface area contributed by atoms with Gasteiger partial charge in [-0.1, -0.05) is 25.1 Å². The number of ether oxygens (including phenoxy) is 1. The minimum absolute atomic E-state index is 0.0432. The van der Waals surface area contributed by atoms with E-state index in [1.807, 2.05) is 29.2 Å². The number of hydrogen-bond acceptors (Lipinski definition) is 4. The van der Waals surface area contributed by atoms with E-state index in [0.717, 1.165) is 41.0 Å². The topological polar surface area (TPSA) is 58.6 Å². The molecular weight excluding hydrogens is 372 g/mol. The number of thiophene rings is 1. The third-order valence-electron chi connectivity index (χ3n) is 5.62. The number of nitrogens with zero attached hydrogens (tertiary/aromatic N) is 1. The average Bonchev–Trinajstić information content (AvgIpc) is 3.17. The van der Waals surface area contributed by atoms with Crippen LogP contribution in [0.15, 0.2) is 30.3 Å². The highest BCUT2D eigenvalue weighted by Gasteiger charge is 2.29. The largest absolute Gasteiger partial charge is 0.378 e. The fourth-order valence-electron chi connectivity index (χ4n) is 3.96. The van der Waals surface area contributed by atoms with Gasteiger partial charge in [-0.2, -0.15) is 0 Å². The summed E-state index contributed by atoms with van der Waals surface area (Å²) in [5, 5.41) is 3.12. The quantitative estimate of drug-likeness (QED) is 0.857. The van der Waals surface area contributed by atoms with Gasteiger partial charge in [0.05, 0.1) is 18.1 Å². The molecule has 148 valence electrons. The highest BCUT2D eigenvalue weighted by molar-refractivity contribution is 7.14. The molecule has 1 atom stereocenters. The molecule has 1 aromatic heterocycles. The number of hydrogen-bond donors (Lipinski definition) is 1. The summed E-state index contributed by atoms with van der Waals surface area (Å²) in [6, 6.07) is 9.98. The number of carbonyl (C=O) groups excluding carboxylic acids is 2. The van der Waals surface area contributed by atoms with Gasteiger partial charge in [-0.25, -0.2) is 0 Å². The van der Waals surface area contributed by atoms with Crippen molar-refractivity contribution < 1.29 is 14.3 Å². The van der Waals surface area contributed by atoms with Crippen molar-refractivity contribution in [2.75, 3.05) is 31.6 Å². The zero-order valence-corrected chi connectivity index (χ0v) is 17.0. The second-order valence-corrected chi connectivity index (χ2v) is 8.54. The van der Waals surface area contributed by atoms with Crippen molar-refractivity contribution >= 4 is 28.8 Å². The Labute approximate surface area is 169 Å². The van der Waals surface area contributed by atoms with Gasteiger partial charge >= 0.3 is 0 Å². The van der Waals surface area contributed by atoms with Crippen LogP contribution in [-0.2, 0) is 28.8 Å². The van der Waals surface area contributed by atoms with Crippen LogP contribution in [0.25, 0.3) is 0 Å². The van der Waals surface area contributed by atoms with Crippen LogP contribution >= 0.6 is 11.3 Å². The number of aryl methyl sites for hydroxylation is 2. The number of fused-ring (bicyclic) bond motifs is 1. The molecular formula is C22H26N2O3S. The molecule has 6 heteroatoms. The molecule has 0 bridgehead atoms. The van der Waals surface area contributed by atoms with Crippen molar-refractivity contribution in [3.05, 3.63) is 51.2 Å². The van der Waals surface area contributed by atoms with Crippen LogP contribution in [0.3, 0.4) is 0 Å². The van der Waals surface area contributed by atoms with E-state index in [4.69, 9.17) is 4.74 Å². The van der Waals surface area contributed by atoms with E-state index in [1.54, 1.807) is 11.3 Å². The normalized spacial score (nSPS) is 19.2. The van der Waals surface area contributed by atoms with E-state index in [0.29, 0.717) is 32.7 Å². The summed E-state index contributed by atoms with van der Waals surface area (Å²) in [6.45, 7) is 4.62. The van der Waals surface area contributed by atoms with E-state index in [2.05, 4.69) is 18.3 Å². The summed E-state index contributed by atoms with van der Waals surface area (Å²) >= 11 is 1.60. The first-order valence-corrected chi connectivity index (χ1v) is 10.8. The number of benzene rings is 1. The summed E-state index contributed by atoms with van der Waals surface area (Å²) < 4.78 is 5.34. The fraction of sp³-hybridized carbons (Fsp3) is 0.455. The standard InChI is InChI=1S/C22H26N2O3S/c1-2-15-5-3-4-6-18(15)23-21(25)16-7-8-19-17(13-16)14-20(28-19)22(26)24-9-11-27-12-10-24/h3-6,14,16H,2,7-13H2,1H3,(H,23,25)/t16-/m1/s1. The summed E-state index contributed by atoms with van der Waals surface area (Å²) in [7, 11) is 0. The van der Waals surface area contributed by atoms with Crippen LogP contribution in [0.2, 0.25) is 0 Å². The average molecular weight is 399 g/mol. The smallest absolute Gasteiger partial charge is 0.264 e. The minimum atomic E-state index is -0.0432. The van der Waals surface area contributed by atoms with Crippen molar-refractivity contribution in [2.24, 2.45) is 5.92 Å². The molecule has 2 aliphatic rings. The monoisotopic (exact) mass is 398 g/mol. The van der Waals surface area contributed by atoms with E-state index in [9.17, 15) is 9.59 Å². The van der Waals surface area contributed by atoms with Gasteiger partial charge in [0.15, 0.2) is 0 Å². The zero-order chi connectivity index (χ0) is 19.5. The van der Waals surface area contributed by atoms with Crippen molar-refractivity contribution in [2.45, 2.75) is 32.6 Å². The highest BCUT2D eigenvalue weighted by Crippen LogP contribution is 2.34. The summed E-state index contributed by atoms with van der Waals surface area (Å²) in [5.41, 5.74) is 3.23. The number of rotatable bonds is 4. The van der Waals surface area contributed by atoms with Crippen LogP contribution in [-0.4, -0.2) is 43.0 Å². The molecule has 0 spiro atoms. The molecule has 1 aliphatic carbocycles. The Morgan fingerprint density at radius 1 is 1.25 bits per heavy atom. The Hall–Kier alpha value is -2.18. The fourth-order valence-corrected chi connectivity index (χ4v) is 5.14. The second-order valence-electron chi connectivity index (χ2n) is 7.40. The predicted molar refractivity (Wildman–Crippen MR) is 111 cm³/mol. The number of amides is 2. The Morgan fingerprint density at radius 2 is 2.04 bits per heavy atom. The molecule has 1 N–H and O–H groups in total. The van der Waals surface area contributed by atoms with Crippen molar-refractivity contribution in [1.82, 2.24) is 4.90 Å². The third kappa shape index (κ3) is 3.98. The Morgan fingerprint density at radius 3 is 2.82 bits per heavy atom. The maximum Gasteiger partial charge on any atom is 0.264 e. The van der Waals surface area contributed by atoms with Gasteiger partial charge in [-0.05, 0) is 48.9 Å². The van der Waals surface area contributed by atoms with Crippen LogP contribution in [0, 0.1) is 5.92 Å². The second kappa shape index (κ2) is 8.45. The van der Waals surface area contributed by atoms with E-state index in [-0.39, 0.29) is 17.7 Å². The van der Waals surface area contributed by atoms with Gasteiger partial charge in [0.2, 0.25) is 5.91 Å². The van der Waals surface area contributed by atoms with Crippen molar-refractivity contribution in [1.29, 1.82) is 0 Å². The molecule has 2 heterocycles. The lowest BCUT2D eigenvalue weighted by atomic mass is 9.87. The lowest BCUT2D eigenvalue weighted by molar-refractivity contribution is -0.120. The first-order valence-electron chi connectivity index (χ1n) is 10.0. The number of morpholine rings is 1. The molecule has 0 radical (unpaired) electrons. The molecule has 2 aromatic rings. The lowest BCUT2D eigenvalue weighted by Crippen LogP contribution is -2.40. The minimum Gasteiger partial charge on any atom is -0.378 e. The van der Waals surface area contributed by atoms with Gasteiger partial charge < -0.3 is 15.0 Å². The van der Waals surface area contributed by atoms with Crippen LogP contribution in [0.4, 0.5) is 5.69 Å². The molecule has 1 saturated heterocycles. The zero-order valence-electron chi connectivity index (χ0n) is 16.2. The van der Waals surface area contributed by atoms with Gasteiger partial charge in [-0.3, -0.25) is 9.59 Å². The Bertz CT molecular complexity index is 870. The van der Waals surface area contributed by atoms with Gasteiger partial charge in [0.1, 0.15) is 0 Å². The third-order valence-corrected chi connectivity index (χ3v) is 6.84. The molecule has 5 nitrogen and oxygen atoms in total. The van der Waals surface area contributed by atoms with E-state index in [1.165, 1.54) is 4.88 Å². The molecule has 1 aromatic carbocycles. The molecule has 4 rings (SSSR count). The Balaban J connectivity index is 1.43. The highest BCUT2D eigenvalue weighted by atomic mass is 32.1. The lowest BCUT2D eigenvalue weighted by Gasteiger charge is -2.26. The molecule has 1 fully saturated rings. The maximum atomic E-state index is 12.8. The number of carbonyl (C=O) groups is 2. The number of anilines is 1. The number of nitrogens with one attached hydrogen (secondary N) is 1. The molecule has 0 unspecified atom stereocenters. The first-order chi connectivity index (χ1) is 13.7. The summed E-state index contributed by atoms with van der Waals surface area (Å²) in [4.78, 5) is 29.5. The number of para-hydroxylation sites is 1. The van der Waals surface area contributed by atoms with Gasteiger partial charge in [-0.15, -0.1) is 11.3 Å². The Kier molecular flexibility index (Phi) is 5.78. The predicted octanol–water partition coefficient (Wildman–Crippen LogP) is 3.53. The summed E-state index contributed by atoms with van der Waals surface area (Å²) in [5.74, 6) is 0.137. The first kappa shape index (κ1) is 19.2. The van der Waals surface area contributed by atoms with Crippen LogP contribution < -0.4 is 5.32 Å². The van der Waals surface area contributed by atoms with Crippen molar-refractivity contribution in [3.8, 4) is 0 Å². The van der Waals surface area contributed by atoms with Gasteiger partial charge in [0, 0.05) is 29.6 Å². The van der Waals surface area contributed by atoms with E-state index >= 15 is 0 Å². The molecule has 0 saturated carbocycles. The molecule has 28 heavy (non-hydrogen) atoms. The van der Waals surface area contributed by atoms with Gasteiger partial charge in [0.25, 0.3) is 5.91 Å².